The molecular weight excluding hydrogens is 395 g/mol. The third-order valence-corrected chi connectivity index (χ3v) is 6.04. The number of H-pyrrole nitrogens is 1. The van der Waals surface area contributed by atoms with Crippen molar-refractivity contribution in [1.29, 1.82) is 0 Å². The second-order valence-corrected chi connectivity index (χ2v) is 8.22. The zero-order chi connectivity index (χ0) is 20.4. The number of hydrogen-bond acceptors (Lipinski definition) is 6. The number of carbonyl (C=O) groups excluding carboxylic acids is 1. The molecule has 2 aromatic heterocycles. The summed E-state index contributed by atoms with van der Waals surface area (Å²) in [5, 5.41) is 2.46. The number of piperidine rings is 1. The Balaban J connectivity index is 1.78. The largest absolute Gasteiger partial charge is 0.329 e. The standard InChI is InChI=1S/C20H21FN4O3S/c21-13-4-5-15-14(10-13)19(27)25(20(28)23-15)16(12-24-7-2-1-3-8-24)17(26)11-18-22-6-9-29-18/h4-6,9-10,16H,1-3,7-8,11-12H2,(H,23,28). The SMILES string of the molecule is O=C(Cc1nccs1)C(CN1CCCCC1)n1c(=O)[nH]c2ccc(F)cc2c1=O. The fourth-order valence-corrected chi connectivity index (χ4v) is 4.43. The van der Waals surface area contributed by atoms with Gasteiger partial charge in [-0.3, -0.25) is 9.59 Å². The maximum atomic E-state index is 13.7. The van der Waals surface area contributed by atoms with Crippen LogP contribution in [0.5, 0.6) is 0 Å². The van der Waals surface area contributed by atoms with Crippen LogP contribution in [0.2, 0.25) is 0 Å². The number of nitrogens with zero attached hydrogens (tertiary/aromatic N) is 3. The molecule has 0 spiro atoms. The third kappa shape index (κ3) is 4.20. The Labute approximate surface area is 169 Å². The number of nitrogens with one attached hydrogen (secondary N) is 1. The Hall–Kier alpha value is -2.65. The van der Waals surface area contributed by atoms with Gasteiger partial charge >= 0.3 is 5.69 Å². The van der Waals surface area contributed by atoms with Gasteiger partial charge in [0.05, 0.1) is 22.3 Å². The number of ketones is 1. The average molecular weight is 416 g/mol. The molecule has 1 N–H and O–H groups in total. The zero-order valence-corrected chi connectivity index (χ0v) is 16.6. The summed E-state index contributed by atoms with van der Waals surface area (Å²) in [7, 11) is 0. The van der Waals surface area contributed by atoms with Crippen molar-refractivity contribution < 1.29 is 9.18 Å². The molecule has 0 radical (unpaired) electrons. The van der Waals surface area contributed by atoms with Gasteiger partial charge in [0, 0.05) is 18.1 Å². The van der Waals surface area contributed by atoms with Crippen LogP contribution in [0.25, 0.3) is 10.9 Å². The van der Waals surface area contributed by atoms with E-state index in [2.05, 4.69) is 14.9 Å². The van der Waals surface area contributed by atoms with Crippen molar-refractivity contribution in [2.75, 3.05) is 19.6 Å². The van der Waals surface area contributed by atoms with Gasteiger partial charge in [-0.15, -0.1) is 11.3 Å². The number of halogens is 1. The first-order chi connectivity index (χ1) is 14.0. The predicted molar refractivity (Wildman–Crippen MR) is 109 cm³/mol. The number of benzene rings is 1. The van der Waals surface area contributed by atoms with Gasteiger partial charge in [0.15, 0.2) is 5.78 Å². The normalized spacial score (nSPS) is 16.2. The van der Waals surface area contributed by atoms with Crippen molar-refractivity contribution >= 4 is 28.0 Å². The number of likely N-dealkylation sites (tertiary alicyclic amines) is 1. The Bertz CT molecular complexity index is 1130. The average Bonchev–Trinajstić information content (AvgIpc) is 3.21. The van der Waals surface area contributed by atoms with E-state index in [-0.39, 0.29) is 29.7 Å². The van der Waals surface area contributed by atoms with E-state index in [4.69, 9.17) is 0 Å². The number of Topliss-reactive ketones (excluding diaryl/α,β-unsaturated/α-hetero) is 1. The Morgan fingerprint density at radius 2 is 2.03 bits per heavy atom. The molecule has 29 heavy (non-hydrogen) atoms. The molecule has 4 rings (SSSR count). The molecule has 1 aliphatic heterocycles. The van der Waals surface area contributed by atoms with E-state index >= 15 is 0 Å². The molecule has 7 nitrogen and oxygen atoms in total. The Kier molecular flexibility index (Phi) is 5.68. The monoisotopic (exact) mass is 416 g/mol. The summed E-state index contributed by atoms with van der Waals surface area (Å²) in [6.07, 6.45) is 4.82. The zero-order valence-electron chi connectivity index (χ0n) is 15.8. The van der Waals surface area contributed by atoms with Crippen molar-refractivity contribution in [2.24, 2.45) is 0 Å². The molecule has 0 aliphatic carbocycles. The predicted octanol–water partition coefficient (Wildman–Crippen LogP) is 2.12. The molecular formula is C20H21FN4O3S. The highest BCUT2D eigenvalue weighted by atomic mass is 32.1. The van der Waals surface area contributed by atoms with E-state index in [1.54, 1.807) is 11.6 Å². The summed E-state index contributed by atoms with van der Waals surface area (Å²) in [4.78, 5) is 47.9. The maximum Gasteiger partial charge on any atom is 0.329 e. The number of thiazole rings is 1. The summed E-state index contributed by atoms with van der Waals surface area (Å²) in [5.74, 6) is -0.830. The van der Waals surface area contributed by atoms with Crippen LogP contribution in [0.15, 0.2) is 39.4 Å². The number of rotatable bonds is 6. The molecule has 0 amide bonds. The quantitative estimate of drug-likeness (QED) is 0.665. The molecule has 0 saturated carbocycles. The van der Waals surface area contributed by atoms with Crippen LogP contribution in [0.4, 0.5) is 4.39 Å². The smallest absolute Gasteiger partial charge is 0.307 e. The first kappa shape index (κ1) is 19.7. The van der Waals surface area contributed by atoms with E-state index in [1.807, 2.05) is 0 Å². The van der Waals surface area contributed by atoms with E-state index in [1.165, 1.54) is 23.5 Å². The van der Waals surface area contributed by atoms with E-state index in [9.17, 15) is 18.8 Å². The topological polar surface area (TPSA) is 88.1 Å². The summed E-state index contributed by atoms with van der Waals surface area (Å²) >= 11 is 1.35. The van der Waals surface area contributed by atoms with Gasteiger partial charge in [0.2, 0.25) is 0 Å². The Morgan fingerprint density at radius 3 is 2.76 bits per heavy atom. The number of carbonyl (C=O) groups is 1. The van der Waals surface area contributed by atoms with Gasteiger partial charge in [0.25, 0.3) is 5.56 Å². The summed E-state index contributed by atoms with van der Waals surface area (Å²) in [6, 6.07) is 2.67. The van der Waals surface area contributed by atoms with Gasteiger partial charge in [-0.1, -0.05) is 6.42 Å². The molecule has 3 heterocycles. The van der Waals surface area contributed by atoms with Gasteiger partial charge in [-0.25, -0.2) is 18.7 Å². The molecule has 152 valence electrons. The molecule has 1 atom stereocenters. The molecule has 1 aromatic carbocycles. The van der Waals surface area contributed by atoms with Crippen molar-refractivity contribution in [3.05, 3.63) is 61.4 Å². The van der Waals surface area contributed by atoms with Crippen LogP contribution in [0.1, 0.15) is 30.3 Å². The lowest BCUT2D eigenvalue weighted by molar-refractivity contribution is -0.122. The van der Waals surface area contributed by atoms with Crippen LogP contribution >= 0.6 is 11.3 Å². The van der Waals surface area contributed by atoms with Crippen molar-refractivity contribution in [2.45, 2.75) is 31.7 Å². The molecule has 1 aliphatic rings. The highest BCUT2D eigenvalue weighted by molar-refractivity contribution is 7.09. The number of aromatic amines is 1. The number of fused-ring (bicyclic) bond motifs is 1. The minimum absolute atomic E-state index is 0.0449. The fraction of sp³-hybridized carbons (Fsp3) is 0.400. The third-order valence-electron chi connectivity index (χ3n) is 5.26. The van der Waals surface area contributed by atoms with E-state index < -0.39 is 23.1 Å². The van der Waals surface area contributed by atoms with Gasteiger partial charge in [-0.2, -0.15) is 0 Å². The van der Waals surface area contributed by atoms with Gasteiger partial charge in [-0.05, 0) is 44.1 Å². The van der Waals surface area contributed by atoms with Crippen molar-refractivity contribution in [3.8, 4) is 0 Å². The van der Waals surface area contributed by atoms with E-state index in [0.29, 0.717) is 5.01 Å². The van der Waals surface area contributed by atoms with Crippen molar-refractivity contribution in [1.82, 2.24) is 19.4 Å². The van der Waals surface area contributed by atoms with Gasteiger partial charge in [0.1, 0.15) is 11.9 Å². The lowest BCUT2D eigenvalue weighted by Crippen LogP contribution is -2.47. The minimum atomic E-state index is -0.957. The molecule has 9 heteroatoms. The van der Waals surface area contributed by atoms with Gasteiger partial charge < -0.3 is 9.88 Å². The highest BCUT2D eigenvalue weighted by Gasteiger charge is 2.28. The van der Waals surface area contributed by atoms with Crippen LogP contribution in [-0.2, 0) is 11.2 Å². The van der Waals surface area contributed by atoms with Crippen LogP contribution in [0.3, 0.4) is 0 Å². The van der Waals surface area contributed by atoms with Crippen LogP contribution in [0, 0.1) is 5.82 Å². The molecule has 1 saturated heterocycles. The first-order valence-corrected chi connectivity index (χ1v) is 10.5. The molecule has 1 fully saturated rings. The summed E-state index contributed by atoms with van der Waals surface area (Å²) in [5.41, 5.74) is -1.07. The lowest BCUT2D eigenvalue weighted by atomic mass is 10.1. The first-order valence-electron chi connectivity index (χ1n) is 9.60. The highest BCUT2D eigenvalue weighted by Crippen LogP contribution is 2.17. The molecule has 3 aromatic rings. The lowest BCUT2D eigenvalue weighted by Gasteiger charge is -2.30. The van der Waals surface area contributed by atoms with Crippen molar-refractivity contribution in [3.63, 3.8) is 0 Å². The molecule has 0 bridgehead atoms. The van der Waals surface area contributed by atoms with Crippen LogP contribution < -0.4 is 11.2 Å². The van der Waals surface area contributed by atoms with Crippen LogP contribution in [-0.4, -0.2) is 44.9 Å². The summed E-state index contributed by atoms with van der Waals surface area (Å²) < 4.78 is 14.7. The maximum absolute atomic E-state index is 13.7. The minimum Gasteiger partial charge on any atom is -0.307 e. The second-order valence-electron chi connectivity index (χ2n) is 7.24. The van der Waals surface area contributed by atoms with E-state index in [0.717, 1.165) is 43.0 Å². The number of hydrogen-bond donors (Lipinski definition) is 1. The Morgan fingerprint density at radius 1 is 1.24 bits per heavy atom. The fourth-order valence-electron chi connectivity index (χ4n) is 3.80. The summed E-state index contributed by atoms with van der Waals surface area (Å²) in [6.45, 7) is 1.90. The molecule has 1 unspecified atom stereocenters. The number of aromatic nitrogens is 3. The second kappa shape index (κ2) is 8.38.